The molecule has 0 fully saturated rings. The number of aliphatic hydroxyl groups is 2. The molecule has 2 unspecified atom stereocenters. The van der Waals surface area contributed by atoms with Crippen molar-refractivity contribution in [3.63, 3.8) is 0 Å². The van der Waals surface area contributed by atoms with Crippen molar-refractivity contribution in [1.29, 1.82) is 0 Å². The summed E-state index contributed by atoms with van der Waals surface area (Å²) in [6, 6.07) is 65.6. The van der Waals surface area contributed by atoms with E-state index >= 15 is 0 Å². The first-order valence-corrected chi connectivity index (χ1v) is 21.8. The van der Waals surface area contributed by atoms with Crippen LogP contribution >= 0.6 is 24.1 Å². The van der Waals surface area contributed by atoms with E-state index in [1.54, 1.807) is 48.5 Å². The van der Waals surface area contributed by atoms with Crippen LogP contribution in [0.15, 0.2) is 206 Å². The molecule has 0 amide bonds. The number of hydrogen-bond donors (Lipinski definition) is 2. The molecule has 0 spiro atoms. The van der Waals surface area contributed by atoms with Crippen LogP contribution in [0.5, 0.6) is 0 Å². The summed E-state index contributed by atoms with van der Waals surface area (Å²) >= 11 is 0.977. The molecule has 12 nitrogen and oxygen atoms in total. The number of carbonyl (C=O) groups is 2. The minimum Gasteiger partial charge on any atom is -0.691 e. The Hall–Kier alpha value is -4.92. The molecule has 0 aromatic heterocycles. The van der Waals surface area contributed by atoms with Crippen LogP contribution in [0.4, 0.5) is 34.1 Å². The monoisotopic (exact) mass is 962 g/mol. The van der Waals surface area contributed by atoms with Gasteiger partial charge in [0.05, 0.1) is 24.1 Å². The zero-order chi connectivity index (χ0) is 46.1. The maximum atomic E-state index is 11.0. The average Bonchev–Trinajstić information content (AvgIpc) is 3.39. The molecule has 2 atom stereocenters. The largest absolute Gasteiger partial charge is 1.00 e. The summed E-state index contributed by atoms with van der Waals surface area (Å²) in [6.07, 6.45) is 1.67. The average molecular weight is 963 g/mol. The molecule has 332 valence electrons. The second kappa shape index (κ2) is 27.9. The number of anilines is 6. The zero-order valence-corrected chi connectivity index (χ0v) is 42.4. The molecule has 8 aromatic carbocycles. The summed E-state index contributed by atoms with van der Waals surface area (Å²) in [5, 5.41) is 47.0. The Morgan fingerprint density at radius 1 is 0.382 bits per heavy atom. The molecule has 68 heavy (non-hydrogen) atoms. The Balaban J connectivity index is 0.000000253. The van der Waals surface area contributed by atoms with Crippen molar-refractivity contribution in [2.24, 2.45) is 0 Å². The molecule has 0 radical (unpaired) electrons. The first-order chi connectivity index (χ1) is 32.4. The Morgan fingerprint density at radius 3 is 0.897 bits per heavy atom. The van der Waals surface area contributed by atoms with Crippen LogP contribution in [-0.2, 0) is 18.7 Å². The summed E-state index contributed by atoms with van der Waals surface area (Å²) in [7, 11) is 0. The minimum atomic E-state index is -1.11. The van der Waals surface area contributed by atoms with Crippen LogP contribution in [0.25, 0.3) is 22.3 Å². The van der Waals surface area contributed by atoms with Crippen LogP contribution in [0.3, 0.4) is 0 Å². The van der Waals surface area contributed by atoms with Gasteiger partial charge in [-0.1, -0.05) is 109 Å². The van der Waals surface area contributed by atoms with E-state index in [2.05, 4.69) is 60.0 Å². The van der Waals surface area contributed by atoms with Crippen molar-refractivity contribution >= 4 is 70.8 Å². The molecule has 2 N–H and O–H groups in total. The maximum Gasteiger partial charge on any atom is 1.00 e. The van der Waals surface area contributed by atoms with E-state index in [4.69, 9.17) is 0 Å². The van der Waals surface area contributed by atoms with Gasteiger partial charge in [0.1, 0.15) is 12.6 Å². The van der Waals surface area contributed by atoms with Crippen LogP contribution in [0.1, 0.15) is 42.7 Å². The fraction of sp³-hybridized carbons (Fsp3) is 0.0385. The number of nitrogens with zero attached hydrogens (tertiary/aromatic N) is 2. The number of aliphatic hydroxyl groups excluding tert-OH is 2. The van der Waals surface area contributed by atoms with Gasteiger partial charge in [0.2, 0.25) is 0 Å². The van der Waals surface area contributed by atoms with E-state index in [9.17, 15) is 30.3 Å². The van der Waals surface area contributed by atoms with Gasteiger partial charge in [0, 0.05) is 45.3 Å². The standard InChI is InChI=1S/C26H23NO8S2.C26H19NO2.2Na/c28-25(36-34-32-30)20-8-14-23(15-9-20)27(24-16-10-21(11-17-24)26(29)37-35-33-31)22-12-6-19(7-13-22)18-4-2-1-3-5-18;28-18-20-6-12-24(13-7-20)27(25-14-8-21(19-29)9-15-25)26-16-10-23(11-17-26)22-4-2-1-3-5-22;;/h1-17,25-26,28-31H;1-19H;;/q;;2*+1/p-2. The fourth-order valence-electron chi connectivity index (χ4n) is 6.96. The van der Waals surface area contributed by atoms with E-state index in [-0.39, 0.29) is 59.1 Å². The van der Waals surface area contributed by atoms with Gasteiger partial charge in [0.25, 0.3) is 0 Å². The van der Waals surface area contributed by atoms with Crippen molar-refractivity contribution in [3.05, 3.63) is 229 Å². The Bertz CT molecular complexity index is 2620. The first-order valence-electron chi connectivity index (χ1n) is 20.2. The Morgan fingerprint density at radius 2 is 0.632 bits per heavy atom. The fourth-order valence-corrected chi connectivity index (χ4v) is 7.71. The Labute approximate surface area is 446 Å². The SMILES string of the molecule is O=Cc1ccc(N(c2ccc(C=O)cc2)c2ccc(-c3ccccc3)cc2)cc1.[Na+].[Na+].[O-]OOSC(O)c1ccc(N(c2ccc(-c3ccccc3)cc2)c2ccc(C(O)SOO[O-])cc2)cc1. The first kappa shape index (κ1) is 54.0. The second-order valence-electron chi connectivity index (χ2n) is 14.3. The molecule has 0 aliphatic rings. The van der Waals surface area contributed by atoms with E-state index in [0.717, 1.165) is 69.0 Å². The van der Waals surface area contributed by atoms with Gasteiger partial charge >= 0.3 is 59.1 Å². The third-order valence-electron chi connectivity index (χ3n) is 10.2. The topological polar surface area (TPSA) is 164 Å². The van der Waals surface area contributed by atoms with E-state index < -0.39 is 10.9 Å². The van der Waals surface area contributed by atoms with Gasteiger partial charge in [-0.15, -0.1) is 0 Å². The molecule has 0 heterocycles. The van der Waals surface area contributed by atoms with Gasteiger partial charge in [-0.25, -0.2) is 0 Å². The van der Waals surface area contributed by atoms with Crippen LogP contribution < -0.4 is 79.4 Å². The number of benzene rings is 8. The summed E-state index contributed by atoms with van der Waals surface area (Å²) in [6.45, 7) is 0. The molecule has 8 aromatic rings. The third-order valence-corrected chi connectivity index (χ3v) is 11.4. The molecular weight excluding hydrogens is 923 g/mol. The summed E-state index contributed by atoms with van der Waals surface area (Å²) in [5.74, 6) is 0. The van der Waals surface area contributed by atoms with Gasteiger partial charge in [0.15, 0.2) is 10.9 Å². The Kier molecular flexibility index (Phi) is 22.2. The molecule has 0 bridgehead atoms. The predicted octanol–water partition coefficient (Wildman–Crippen LogP) is 5.01. The molecule has 16 heteroatoms. The van der Waals surface area contributed by atoms with Crippen molar-refractivity contribution in [3.8, 4) is 22.3 Å². The predicted molar refractivity (Wildman–Crippen MR) is 253 cm³/mol. The van der Waals surface area contributed by atoms with Gasteiger partial charge < -0.3 is 30.5 Å². The van der Waals surface area contributed by atoms with Gasteiger partial charge in [-0.2, -0.15) is 8.67 Å². The molecule has 0 aliphatic carbocycles. The van der Waals surface area contributed by atoms with Crippen LogP contribution in [0.2, 0.25) is 0 Å². The number of carbonyl (C=O) groups excluding carboxylic acids is 2. The second-order valence-corrected chi connectivity index (χ2v) is 15.8. The third kappa shape index (κ3) is 14.6. The molecule has 0 saturated carbocycles. The number of hydrogen-bond acceptors (Lipinski definition) is 14. The van der Waals surface area contributed by atoms with Gasteiger partial charge in [-0.05, 0) is 130 Å². The van der Waals surface area contributed by atoms with Crippen molar-refractivity contribution in [1.82, 2.24) is 0 Å². The van der Waals surface area contributed by atoms with Crippen LogP contribution in [-0.4, -0.2) is 22.8 Å². The summed E-state index contributed by atoms with van der Waals surface area (Å²) < 4.78 is 8.43. The smallest absolute Gasteiger partial charge is 0.691 e. The maximum absolute atomic E-state index is 11.0. The summed E-state index contributed by atoms with van der Waals surface area (Å²) in [4.78, 5) is 26.1. The minimum absolute atomic E-state index is 0. The number of aldehydes is 2. The number of rotatable bonds is 18. The summed E-state index contributed by atoms with van der Waals surface area (Å²) in [5.41, 5.74) is 9.84. The van der Waals surface area contributed by atoms with Crippen molar-refractivity contribution in [2.45, 2.75) is 10.9 Å². The normalized spacial score (nSPS) is 11.4. The van der Waals surface area contributed by atoms with E-state index in [1.807, 2.05) is 126 Å². The van der Waals surface area contributed by atoms with E-state index in [1.165, 1.54) is 0 Å². The van der Waals surface area contributed by atoms with Gasteiger partial charge in [-0.3, -0.25) is 19.7 Å². The quantitative estimate of drug-likeness (QED) is 0.0295. The molecule has 0 saturated heterocycles. The van der Waals surface area contributed by atoms with Crippen LogP contribution in [0, 0.1) is 0 Å². The zero-order valence-electron chi connectivity index (χ0n) is 36.8. The van der Waals surface area contributed by atoms with E-state index in [0.29, 0.717) is 46.3 Å². The van der Waals surface area contributed by atoms with Crippen molar-refractivity contribution in [2.75, 3.05) is 9.80 Å². The molecular formula is C52H40N2Na2O10S2. The van der Waals surface area contributed by atoms with Crippen molar-refractivity contribution < 1.29 is 108 Å². The molecule has 0 aliphatic heterocycles. The molecule has 8 rings (SSSR count).